The Kier molecular flexibility index (Phi) is 6.22. The lowest BCUT2D eigenvalue weighted by Gasteiger charge is -2.16. The van der Waals surface area contributed by atoms with E-state index < -0.39 is 17.8 Å². The first-order chi connectivity index (χ1) is 15.2. The minimum absolute atomic E-state index is 0.0220. The van der Waals surface area contributed by atoms with Crippen molar-refractivity contribution in [2.45, 2.75) is 70.5 Å². The zero-order valence-electron chi connectivity index (χ0n) is 18.2. The normalized spacial score (nSPS) is 15.8. The van der Waals surface area contributed by atoms with Crippen molar-refractivity contribution in [2.24, 2.45) is 0 Å². The maximum absolute atomic E-state index is 13.8. The molecule has 2 aromatic heterocycles. The summed E-state index contributed by atoms with van der Waals surface area (Å²) in [5, 5.41) is 6.84. The molecule has 0 aliphatic heterocycles. The summed E-state index contributed by atoms with van der Waals surface area (Å²) in [7, 11) is 0. The number of carbonyl (C=O) groups is 1. The van der Waals surface area contributed by atoms with Crippen molar-refractivity contribution in [3.05, 3.63) is 53.3 Å². The van der Waals surface area contributed by atoms with Crippen molar-refractivity contribution in [1.29, 1.82) is 0 Å². The lowest BCUT2D eigenvalue weighted by atomic mass is 10.0. The second-order valence-electron chi connectivity index (χ2n) is 8.76. The third-order valence-electron chi connectivity index (χ3n) is 6.07. The molecule has 0 bridgehead atoms. The number of nitrogens with zero attached hydrogens (tertiary/aromatic N) is 3. The predicted molar refractivity (Wildman–Crippen MR) is 116 cm³/mol. The van der Waals surface area contributed by atoms with Gasteiger partial charge in [-0.25, -0.2) is 9.50 Å². The van der Waals surface area contributed by atoms with Crippen LogP contribution < -0.4 is 5.32 Å². The average Bonchev–Trinajstić information content (AvgIpc) is 3.02. The average molecular weight is 445 g/mol. The molecule has 8 heteroatoms. The number of halogens is 3. The molecule has 2 heterocycles. The van der Waals surface area contributed by atoms with E-state index in [9.17, 15) is 18.0 Å². The van der Waals surface area contributed by atoms with Crippen LogP contribution in [0, 0.1) is 0 Å². The van der Waals surface area contributed by atoms with Crippen LogP contribution in [0.2, 0.25) is 0 Å². The molecular formula is C24H27F3N4O. The summed E-state index contributed by atoms with van der Waals surface area (Å²) in [4.78, 5) is 17.4. The smallest absolute Gasteiger partial charge is 0.349 e. The van der Waals surface area contributed by atoms with Crippen LogP contribution >= 0.6 is 0 Å². The fourth-order valence-corrected chi connectivity index (χ4v) is 4.20. The standard InChI is InChI=1S/C24H27F3N4O/c1-15(2)16-9-11-17(12-10-16)20-13-21(24(25,26)27)31-22(30-20)19(14-28-31)23(32)29-18-7-5-3-4-6-8-18/h9-15,18H,3-8H2,1-2H3,(H,29,32). The highest BCUT2D eigenvalue weighted by molar-refractivity contribution is 6.00. The number of carbonyl (C=O) groups excluding carboxylic acids is 1. The van der Waals surface area contributed by atoms with Gasteiger partial charge < -0.3 is 5.32 Å². The molecule has 1 amide bonds. The van der Waals surface area contributed by atoms with E-state index >= 15 is 0 Å². The Balaban J connectivity index is 1.75. The molecule has 0 spiro atoms. The van der Waals surface area contributed by atoms with Gasteiger partial charge in [0.15, 0.2) is 11.3 Å². The first-order valence-corrected chi connectivity index (χ1v) is 11.1. The lowest BCUT2D eigenvalue weighted by molar-refractivity contribution is -0.142. The van der Waals surface area contributed by atoms with Crippen molar-refractivity contribution in [3.8, 4) is 11.3 Å². The van der Waals surface area contributed by atoms with E-state index in [1.54, 1.807) is 12.1 Å². The van der Waals surface area contributed by atoms with Crippen LogP contribution in [0.4, 0.5) is 13.2 Å². The summed E-state index contributed by atoms with van der Waals surface area (Å²) in [6.45, 7) is 4.10. The summed E-state index contributed by atoms with van der Waals surface area (Å²) < 4.78 is 42.2. The van der Waals surface area contributed by atoms with E-state index in [4.69, 9.17) is 0 Å². The molecule has 170 valence electrons. The second kappa shape index (κ2) is 8.92. The molecular weight excluding hydrogens is 417 g/mol. The number of amides is 1. The van der Waals surface area contributed by atoms with E-state index in [0.717, 1.165) is 50.2 Å². The topological polar surface area (TPSA) is 59.3 Å². The summed E-state index contributed by atoms with van der Waals surface area (Å²) in [6, 6.07) is 8.29. The number of rotatable bonds is 4. The highest BCUT2D eigenvalue weighted by atomic mass is 19.4. The Bertz CT molecular complexity index is 1090. The minimum Gasteiger partial charge on any atom is -0.349 e. The molecule has 0 radical (unpaired) electrons. The van der Waals surface area contributed by atoms with Crippen LogP contribution in [0.3, 0.4) is 0 Å². The molecule has 0 atom stereocenters. The maximum atomic E-state index is 13.8. The van der Waals surface area contributed by atoms with Gasteiger partial charge in [0, 0.05) is 11.6 Å². The largest absolute Gasteiger partial charge is 0.433 e. The van der Waals surface area contributed by atoms with E-state index in [0.29, 0.717) is 16.0 Å². The van der Waals surface area contributed by atoms with Crippen LogP contribution in [0.25, 0.3) is 16.9 Å². The quantitative estimate of drug-likeness (QED) is 0.503. The van der Waals surface area contributed by atoms with Crippen LogP contribution in [-0.4, -0.2) is 26.5 Å². The second-order valence-corrected chi connectivity index (χ2v) is 8.76. The van der Waals surface area contributed by atoms with Crippen molar-refractivity contribution >= 4 is 11.6 Å². The van der Waals surface area contributed by atoms with Gasteiger partial charge in [-0.15, -0.1) is 0 Å². The van der Waals surface area contributed by atoms with Crippen molar-refractivity contribution < 1.29 is 18.0 Å². The number of nitrogens with one attached hydrogen (secondary N) is 1. The zero-order chi connectivity index (χ0) is 22.9. The first kappa shape index (κ1) is 22.3. The Morgan fingerprint density at radius 2 is 1.75 bits per heavy atom. The monoisotopic (exact) mass is 444 g/mol. The Labute approximate surface area is 185 Å². The fraction of sp³-hybridized carbons (Fsp3) is 0.458. The van der Waals surface area contributed by atoms with Gasteiger partial charge >= 0.3 is 6.18 Å². The zero-order valence-corrected chi connectivity index (χ0v) is 18.2. The van der Waals surface area contributed by atoms with Gasteiger partial charge in [0.1, 0.15) is 5.56 Å². The third kappa shape index (κ3) is 4.64. The third-order valence-corrected chi connectivity index (χ3v) is 6.07. The molecule has 1 N–H and O–H groups in total. The number of alkyl halides is 3. The number of aromatic nitrogens is 3. The van der Waals surface area contributed by atoms with Crippen molar-refractivity contribution in [1.82, 2.24) is 19.9 Å². The Morgan fingerprint density at radius 1 is 1.09 bits per heavy atom. The van der Waals surface area contributed by atoms with Gasteiger partial charge in [0.2, 0.25) is 0 Å². The molecule has 5 nitrogen and oxygen atoms in total. The molecule has 1 aromatic carbocycles. The number of benzene rings is 1. The Morgan fingerprint density at radius 3 is 2.34 bits per heavy atom. The van der Waals surface area contributed by atoms with Crippen molar-refractivity contribution in [2.75, 3.05) is 0 Å². The molecule has 1 saturated carbocycles. The fourth-order valence-electron chi connectivity index (χ4n) is 4.20. The van der Waals surface area contributed by atoms with E-state index in [-0.39, 0.29) is 22.9 Å². The van der Waals surface area contributed by atoms with Gasteiger partial charge in [-0.1, -0.05) is 63.8 Å². The molecule has 3 aromatic rings. The highest BCUT2D eigenvalue weighted by Crippen LogP contribution is 2.33. The Hall–Kier alpha value is -2.90. The molecule has 0 unspecified atom stereocenters. The summed E-state index contributed by atoms with van der Waals surface area (Å²) in [6.07, 6.45) is 2.62. The molecule has 1 fully saturated rings. The molecule has 32 heavy (non-hydrogen) atoms. The number of fused-ring (bicyclic) bond motifs is 1. The van der Waals surface area contributed by atoms with E-state index in [2.05, 4.69) is 15.4 Å². The molecule has 4 rings (SSSR count). The lowest BCUT2D eigenvalue weighted by Crippen LogP contribution is -2.34. The predicted octanol–water partition coefficient (Wildman–Crippen LogP) is 5.99. The maximum Gasteiger partial charge on any atom is 0.433 e. The van der Waals surface area contributed by atoms with Crippen molar-refractivity contribution in [3.63, 3.8) is 0 Å². The van der Waals surface area contributed by atoms with Gasteiger partial charge in [0.25, 0.3) is 5.91 Å². The van der Waals surface area contributed by atoms with Gasteiger partial charge in [0.05, 0.1) is 11.9 Å². The van der Waals surface area contributed by atoms with Crippen LogP contribution in [0.5, 0.6) is 0 Å². The van der Waals surface area contributed by atoms with Gasteiger partial charge in [-0.3, -0.25) is 4.79 Å². The molecule has 0 saturated heterocycles. The van der Waals surface area contributed by atoms with E-state index in [1.165, 1.54) is 6.20 Å². The van der Waals surface area contributed by atoms with Crippen LogP contribution in [0.15, 0.2) is 36.5 Å². The van der Waals surface area contributed by atoms with Crippen LogP contribution in [-0.2, 0) is 6.18 Å². The number of hydrogen-bond acceptors (Lipinski definition) is 3. The minimum atomic E-state index is -4.64. The molecule has 1 aliphatic carbocycles. The summed E-state index contributed by atoms with van der Waals surface area (Å²) in [5.74, 6) is -0.126. The van der Waals surface area contributed by atoms with Gasteiger partial charge in [-0.2, -0.15) is 18.3 Å². The van der Waals surface area contributed by atoms with E-state index in [1.807, 2.05) is 26.0 Å². The summed E-state index contributed by atoms with van der Waals surface area (Å²) in [5.41, 5.74) is 0.801. The van der Waals surface area contributed by atoms with Crippen LogP contribution in [0.1, 0.15) is 79.9 Å². The highest BCUT2D eigenvalue weighted by Gasteiger charge is 2.36. The SMILES string of the molecule is CC(C)c1ccc(-c2cc(C(F)(F)F)n3ncc(C(=O)NC4CCCCCC4)c3n2)cc1. The summed E-state index contributed by atoms with van der Waals surface area (Å²) >= 11 is 0. The van der Waals surface area contributed by atoms with Gasteiger partial charge in [-0.05, 0) is 30.4 Å². The number of hydrogen-bond donors (Lipinski definition) is 1. The first-order valence-electron chi connectivity index (χ1n) is 11.1. The molecule has 1 aliphatic rings.